The molecule has 0 atom stereocenters. The molecule has 1 N–H and O–H groups in total. The van der Waals surface area contributed by atoms with Crippen molar-refractivity contribution in [2.24, 2.45) is 0 Å². The number of nitrogens with zero attached hydrogens (tertiary/aromatic N) is 1. The molecular formula is C8H11N2O4. The number of carbonyl (C=O) groups is 1. The second-order valence-corrected chi connectivity index (χ2v) is 2.68. The molecule has 6 heteroatoms. The Morgan fingerprint density at radius 1 is 1.57 bits per heavy atom. The van der Waals surface area contributed by atoms with Crippen molar-refractivity contribution in [3.8, 4) is 0 Å². The zero-order valence-corrected chi connectivity index (χ0v) is 7.99. The van der Waals surface area contributed by atoms with Gasteiger partial charge in [-0.1, -0.05) is 5.16 Å². The monoisotopic (exact) mass is 199 g/mol. The Bertz CT molecular complexity index is 321. The molecule has 6 nitrogen and oxygen atoms in total. The molecule has 77 valence electrons. The molecule has 0 spiro atoms. The Hall–Kier alpha value is -1.56. The lowest BCUT2D eigenvalue weighted by Gasteiger charge is -2.02. The van der Waals surface area contributed by atoms with Crippen LogP contribution in [0.5, 0.6) is 0 Å². The fourth-order valence-corrected chi connectivity index (χ4v) is 0.801. The summed E-state index contributed by atoms with van der Waals surface area (Å²) < 4.78 is 9.33. The van der Waals surface area contributed by atoms with Crippen LogP contribution in [0.2, 0.25) is 0 Å². The highest BCUT2D eigenvalue weighted by Gasteiger charge is 2.11. The Kier molecular flexibility index (Phi) is 3.47. The first-order valence-corrected chi connectivity index (χ1v) is 4.10. The molecule has 0 aromatic carbocycles. The number of rotatable bonds is 3. The Morgan fingerprint density at radius 2 is 2.29 bits per heavy atom. The predicted octanol–water partition coefficient (Wildman–Crippen LogP) is 1.27. The average molecular weight is 199 g/mol. The normalized spacial score (nSPS) is 9.93. The molecule has 0 bridgehead atoms. The van der Waals surface area contributed by atoms with Gasteiger partial charge in [-0.3, -0.25) is 5.32 Å². The van der Waals surface area contributed by atoms with E-state index in [2.05, 4.69) is 15.2 Å². The summed E-state index contributed by atoms with van der Waals surface area (Å²) in [5, 5.41) is 16.0. The van der Waals surface area contributed by atoms with Gasteiger partial charge in [-0.25, -0.2) is 9.90 Å². The minimum Gasteiger partial charge on any atom is -0.447 e. The van der Waals surface area contributed by atoms with Crippen LogP contribution in [-0.4, -0.2) is 24.5 Å². The van der Waals surface area contributed by atoms with Gasteiger partial charge in [0, 0.05) is 5.56 Å². The maximum Gasteiger partial charge on any atom is 0.412 e. The molecule has 1 heterocycles. The van der Waals surface area contributed by atoms with Crippen LogP contribution < -0.4 is 5.32 Å². The molecular weight excluding hydrogens is 188 g/mol. The van der Waals surface area contributed by atoms with Crippen molar-refractivity contribution in [2.75, 3.05) is 18.5 Å². The molecule has 1 radical (unpaired) electrons. The summed E-state index contributed by atoms with van der Waals surface area (Å²) in [4.78, 5) is 11.0. The summed E-state index contributed by atoms with van der Waals surface area (Å²) in [6, 6.07) is 0. The van der Waals surface area contributed by atoms with Gasteiger partial charge in [-0.2, -0.15) is 0 Å². The van der Waals surface area contributed by atoms with Gasteiger partial charge in [-0.15, -0.1) is 0 Å². The molecule has 0 saturated heterocycles. The van der Waals surface area contributed by atoms with Gasteiger partial charge < -0.3 is 9.26 Å². The quantitative estimate of drug-likeness (QED) is 0.794. The molecule has 1 rings (SSSR count). The summed E-state index contributed by atoms with van der Waals surface area (Å²) in [6.45, 7) is 2.89. The van der Waals surface area contributed by atoms with Crippen LogP contribution in [-0.2, 0) is 9.84 Å². The van der Waals surface area contributed by atoms with Crippen molar-refractivity contribution >= 4 is 11.9 Å². The molecule has 0 fully saturated rings. The van der Waals surface area contributed by atoms with Gasteiger partial charge in [0.15, 0.2) is 5.82 Å². The number of anilines is 1. The van der Waals surface area contributed by atoms with Crippen LogP contribution in [0.4, 0.5) is 10.6 Å². The first-order chi connectivity index (χ1) is 6.65. The largest absolute Gasteiger partial charge is 0.447 e. The Labute approximate surface area is 80.8 Å². The average Bonchev–Trinajstić information content (AvgIpc) is 2.46. The van der Waals surface area contributed by atoms with Crippen molar-refractivity contribution < 1.29 is 19.2 Å². The van der Waals surface area contributed by atoms with E-state index in [1.165, 1.54) is 0 Å². The minimum absolute atomic E-state index is 0.151. The predicted molar refractivity (Wildman–Crippen MR) is 46.5 cm³/mol. The summed E-state index contributed by atoms with van der Waals surface area (Å²) in [7, 11) is 0. The van der Waals surface area contributed by atoms with E-state index in [9.17, 15) is 9.90 Å². The number of nitrogens with one attached hydrogen (secondary N) is 1. The second kappa shape index (κ2) is 4.61. The van der Waals surface area contributed by atoms with Crippen LogP contribution in [0.3, 0.4) is 0 Å². The number of ether oxygens (including phenoxy) is 1. The molecule has 0 saturated carbocycles. The maximum absolute atomic E-state index is 11.0. The van der Waals surface area contributed by atoms with Gasteiger partial charge in [0.1, 0.15) is 19.0 Å². The van der Waals surface area contributed by atoms with Crippen LogP contribution in [0, 0.1) is 13.8 Å². The molecule has 14 heavy (non-hydrogen) atoms. The van der Waals surface area contributed by atoms with Crippen molar-refractivity contribution in [3.63, 3.8) is 0 Å². The molecule has 0 aliphatic heterocycles. The highest BCUT2D eigenvalue weighted by molar-refractivity contribution is 5.84. The number of hydrogen-bond acceptors (Lipinski definition) is 4. The van der Waals surface area contributed by atoms with Gasteiger partial charge in [-0.05, 0) is 13.8 Å². The lowest BCUT2D eigenvalue weighted by Crippen LogP contribution is -2.16. The molecule has 1 amide bonds. The van der Waals surface area contributed by atoms with Gasteiger partial charge in [0.05, 0.1) is 0 Å². The lowest BCUT2D eigenvalue weighted by molar-refractivity contribution is 0.101. The number of amides is 1. The third kappa shape index (κ3) is 2.46. The van der Waals surface area contributed by atoms with E-state index in [-0.39, 0.29) is 6.61 Å². The molecule has 1 aromatic rings. The SMILES string of the molecule is Cc1onc(NC(=O)OCC[O])c1C. The third-order valence-electron chi connectivity index (χ3n) is 1.69. The fraction of sp³-hybridized carbons (Fsp3) is 0.500. The van der Waals surface area contributed by atoms with Gasteiger partial charge in [0.2, 0.25) is 0 Å². The van der Waals surface area contributed by atoms with E-state index >= 15 is 0 Å². The molecule has 1 aromatic heterocycles. The van der Waals surface area contributed by atoms with E-state index < -0.39 is 12.7 Å². The number of hydrogen-bond donors (Lipinski definition) is 1. The minimum atomic E-state index is -0.697. The maximum atomic E-state index is 11.0. The lowest BCUT2D eigenvalue weighted by atomic mass is 10.3. The van der Waals surface area contributed by atoms with Crippen LogP contribution in [0.15, 0.2) is 4.52 Å². The van der Waals surface area contributed by atoms with Crippen molar-refractivity contribution in [1.82, 2.24) is 5.16 Å². The molecule has 0 unspecified atom stereocenters. The highest BCUT2D eigenvalue weighted by atomic mass is 16.6. The summed E-state index contributed by atoms with van der Waals surface area (Å²) in [6.07, 6.45) is -0.697. The van der Waals surface area contributed by atoms with Crippen LogP contribution in [0.25, 0.3) is 0 Å². The zero-order chi connectivity index (χ0) is 10.6. The topological polar surface area (TPSA) is 84.3 Å². The van der Waals surface area contributed by atoms with E-state index in [4.69, 9.17) is 4.52 Å². The van der Waals surface area contributed by atoms with Crippen molar-refractivity contribution in [2.45, 2.75) is 13.8 Å². The molecule has 0 aliphatic rings. The first kappa shape index (κ1) is 10.5. The van der Waals surface area contributed by atoms with Crippen molar-refractivity contribution in [1.29, 1.82) is 0 Å². The smallest absolute Gasteiger partial charge is 0.412 e. The highest BCUT2D eigenvalue weighted by Crippen LogP contribution is 2.16. The summed E-state index contributed by atoms with van der Waals surface area (Å²) in [5.41, 5.74) is 0.740. The summed E-state index contributed by atoms with van der Waals surface area (Å²) >= 11 is 0. The zero-order valence-electron chi connectivity index (χ0n) is 7.99. The fourth-order valence-electron chi connectivity index (χ4n) is 0.801. The summed E-state index contributed by atoms with van der Waals surface area (Å²) in [5.74, 6) is 0.947. The van der Waals surface area contributed by atoms with Gasteiger partial charge >= 0.3 is 6.09 Å². The first-order valence-electron chi connectivity index (χ1n) is 4.10. The number of carbonyl (C=O) groups excluding carboxylic acids is 1. The number of aryl methyl sites for hydroxylation is 1. The Balaban J connectivity index is 2.52. The van der Waals surface area contributed by atoms with E-state index in [0.717, 1.165) is 5.56 Å². The van der Waals surface area contributed by atoms with E-state index in [0.29, 0.717) is 11.6 Å². The molecule has 0 aliphatic carbocycles. The van der Waals surface area contributed by atoms with E-state index in [1.54, 1.807) is 13.8 Å². The number of aromatic nitrogens is 1. The van der Waals surface area contributed by atoms with Crippen LogP contribution in [0.1, 0.15) is 11.3 Å². The van der Waals surface area contributed by atoms with E-state index in [1.807, 2.05) is 0 Å². The third-order valence-corrected chi connectivity index (χ3v) is 1.69. The second-order valence-electron chi connectivity index (χ2n) is 2.68. The van der Waals surface area contributed by atoms with Crippen LogP contribution >= 0.6 is 0 Å². The van der Waals surface area contributed by atoms with Gasteiger partial charge in [0.25, 0.3) is 0 Å². The standard InChI is InChI=1S/C8H11N2O4/c1-5-6(2)14-10-7(5)9-8(12)13-4-3-11/h3-4H2,1-2H3,(H,9,10,12). The van der Waals surface area contributed by atoms with Crippen molar-refractivity contribution in [3.05, 3.63) is 11.3 Å². The Morgan fingerprint density at radius 3 is 2.79 bits per heavy atom.